The number of rotatable bonds is 3. The number of hydrogen-bond donors (Lipinski definition) is 2. The highest BCUT2D eigenvalue weighted by Crippen LogP contribution is 2.38. The van der Waals surface area contributed by atoms with Gasteiger partial charge in [-0.25, -0.2) is 4.98 Å². The summed E-state index contributed by atoms with van der Waals surface area (Å²) in [6, 6.07) is 11.7. The summed E-state index contributed by atoms with van der Waals surface area (Å²) in [6.07, 6.45) is 1.84. The molecule has 1 heterocycles. The van der Waals surface area contributed by atoms with Gasteiger partial charge in [0.05, 0.1) is 23.2 Å². The molecule has 3 rings (SSSR count). The third kappa shape index (κ3) is 1.79. The monoisotopic (exact) mass is 239 g/mol. The number of nitriles is 1. The number of aromatic nitrogens is 1. The molecule has 2 N–H and O–H groups in total. The van der Waals surface area contributed by atoms with Crippen LogP contribution in [0.25, 0.3) is 10.9 Å². The third-order valence-corrected chi connectivity index (χ3v) is 3.38. The largest absolute Gasteiger partial charge is 0.394 e. The molecule has 2 aromatic rings. The van der Waals surface area contributed by atoms with E-state index in [0.29, 0.717) is 11.4 Å². The topological polar surface area (TPSA) is 68.9 Å². The quantitative estimate of drug-likeness (QED) is 0.860. The summed E-state index contributed by atoms with van der Waals surface area (Å²) in [5, 5.41) is 22.7. The first-order valence-electron chi connectivity index (χ1n) is 5.95. The number of hydrogen-bond acceptors (Lipinski definition) is 4. The summed E-state index contributed by atoms with van der Waals surface area (Å²) in [6.45, 7) is 0.0758. The van der Waals surface area contributed by atoms with Gasteiger partial charge in [0.15, 0.2) is 0 Å². The van der Waals surface area contributed by atoms with E-state index in [-0.39, 0.29) is 12.1 Å². The maximum atomic E-state index is 9.32. The van der Waals surface area contributed by atoms with E-state index in [1.54, 1.807) is 0 Å². The molecule has 1 aliphatic rings. The average molecular weight is 239 g/mol. The number of anilines is 1. The molecule has 0 aliphatic heterocycles. The zero-order valence-electron chi connectivity index (χ0n) is 9.85. The molecule has 4 heteroatoms. The first kappa shape index (κ1) is 11.0. The van der Waals surface area contributed by atoms with E-state index in [1.165, 1.54) is 0 Å². The fraction of sp³-hybridized carbons (Fsp3) is 0.286. The van der Waals surface area contributed by atoms with Crippen LogP contribution in [0, 0.1) is 11.3 Å². The van der Waals surface area contributed by atoms with E-state index >= 15 is 0 Å². The van der Waals surface area contributed by atoms with Crippen LogP contribution in [-0.2, 0) is 0 Å². The molecular formula is C14H13N3O. The number of benzene rings is 1. The Kier molecular flexibility index (Phi) is 2.42. The molecule has 1 fully saturated rings. The highest BCUT2D eigenvalue weighted by Gasteiger charge is 2.42. The molecule has 1 aromatic heterocycles. The van der Waals surface area contributed by atoms with Crippen molar-refractivity contribution in [2.45, 2.75) is 18.4 Å². The number of aliphatic hydroxyl groups is 1. The van der Waals surface area contributed by atoms with Crippen molar-refractivity contribution in [3.8, 4) is 6.07 Å². The van der Waals surface area contributed by atoms with Crippen LogP contribution in [0.5, 0.6) is 0 Å². The molecule has 1 saturated carbocycles. The maximum Gasteiger partial charge on any atom is 0.145 e. The van der Waals surface area contributed by atoms with Gasteiger partial charge in [0.25, 0.3) is 0 Å². The van der Waals surface area contributed by atoms with E-state index in [4.69, 9.17) is 0 Å². The summed E-state index contributed by atoms with van der Waals surface area (Å²) in [4.78, 5) is 4.47. The lowest BCUT2D eigenvalue weighted by atomic mass is 10.1. The van der Waals surface area contributed by atoms with Gasteiger partial charge in [-0.1, -0.05) is 18.2 Å². The number of nitrogens with one attached hydrogen (secondary N) is 1. The van der Waals surface area contributed by atoms with Gasteiger partial charge in [0.1, 0.15) is 11.9 Å². The fourth-order valence-electron chi connectivity index (χ4n) is 2.02. The van der Waals surface area contributed by atoms with E-state index in [0.717, 1.165) is 23.7 Å². The van der Waals surface area contributed by atoms with Gasteiger partial charge in [0, 0.05) is 5.39 Å². The number of nitrogens with zero attached hydrogens (tertiary/aromatic N) is 2. The zero-order valence-corrected chi connectivity index (χ0v) is 9.85. The van der Waals surface area contributed by atoms with Crippen LogP contribution in [0.15, 0.2) is 30.3 Å². The Morgan fingerprint density at radius 1 is 1.39 bits per heavy atom. The van der Waals surface area contributed by atoms with Gasteiger partial charge in [-0.3, -0.25) is 0 Å². The fourth-order valence-corrected chi connectivity index (χ4v) is 2.02. The Morgan fingerprint density at radius 3 is 2.83 bits per heavy atom. The van der Waals surface area contributed by atoms with Crippen LogP contribution < -0.4 is 5.32 Å². The van der Waals surface area contributed by atoms with Gasteiger partial charge < -0.3 is 10.4 Å². The minimum Gasteiger partial charge on any atom is -0.394 e. The Hall–Kier alpha value is -2.12. The minimum absolute atomic E-state index is 0.0758. The summed E-state index contributed by atoms with van der Waals surface area (Å²) in [5.41, 5.74) is 1.11. The van der Waals surface area contributed by atoms with Gasteiger partial charge in [-0.2, -0.15) is 5.26 Å². The Labute approximate surface area is 105 Å². The second-order valence-corrected chi connectivity index (χ2v) is 4.75. The molecule has 90 valence electrons. The van der Waals surface area contributed by atoms with Gasteiger partial charge >= 0.3 is 0 Å². The predicted octanol–water partition coefficient (Wildman–Crippen LogP) is 2.04. The molecule has 1 aliphatic carbocycles. The average Bonchev–Trinajstić information content (AvgIpc) is 3.18. The van der Waals surface area contributed by atoms with Crippen molar-refractivity contribution in [2.24, 2.45) is 0 Å². The standard InChI is InChI=1S/C14H13N3O/c15-8-11-7-10-3-1-2-4-12(10)16-13(11)17-14(9-18)5-6-14/h1-4,7,18H,5-6,9H2,(H,16,17). The van der Waals surface area contributed by atoms with Crippen LogP contribution in [0.1, 0.15) is 18.4 Å². The van der Waals surface area contributed by atoms with Crippen molar-refractivity contribution in [1.82, 2.24) is 4.98 Å². The normalized spacial score (nSPS) is 16.2. The zero-order chi connectivity index (χ0) is 12.6. The summed E-state index contributed by atoms with van der Waals surface area (Å²) in [5.74, 6) is 0.572. The molecule has 1 aromatic carbocycles. The lowest BCUT2D eigenvalue weighted by Gasteiger charge is -2.16. The first-order valence-corrected chi connectivity index (χ1v) is 5.95. The number of aliphatic hydroxyl groups excluding tert-OH is 1. The second-order valence-electron chi connectivity index (χ2n) is 4.75. The maximum absolute atomic E-state index is 9.32. The number of para-hydroxylation sites is 1. The van der Waals surface area contributed by atoms with Gasteiger partial charge in [-0.05, 0) is 25.0 Å². The van der Waals surface area contributed by atoms with Crippen molar-refractivity contribution in [2.75, 3.05) is 11.9 Å². The van der Waals surface area contributed by atoms with Crippen molar-refractivity contribution in [1.29, 1.82) is 5.26 Å². The van der Waals surface area contributed by atoms with E-state index in [2.05, 4.69) is 16.4 Å². The van der Waals surface area contributed by atoms with Crippen LogP contribution >= 0.6 is 0 Å². The van der Waals surface area contributed by atoms with Crippen molar-refractivity contribution in [3.63, 3.8) is 0 Å². The van der Waals surface area contributed by atoms with Crippen molar-refractivity contribution >= 4 is 16.7 Å². The lowest BCUT2D eigenvalue weighted by Crippen LogP contribution is -2.26. The minimum atomic E-state index is -0.263. The highest BCUT2D eigenvalue weighted by molar-refractivity contribution is 5.83. The Bertz CT molecular complexity index is 641. The van der Waals surface area contributed by atoms with Crippen LogP contribution in [-0.4, -0.2) is 22.2 Å². The smallest absolute Gasteiger partial charge is 0.145 e. The van der Waals surface area contributed by atoms with Crippen molar-refractivity contribution < 1.29 is 5.11 Å². The summed E-state index contributed by atoms with van der Waals surface area (Å²) in [7, 11) is 0. The third-order valence-electron chi connectivity index (χ3n) is 3.38. The Balaban J connectivity index is 2.07. The lowest BCUT2D eigenvalue weighted by molar-refractivity contribution is 0.266. The summed E-state index contributed by atoms with van der Waals surface area (Å²) < 4.78 is 0. The molecule has 0 atom stereocenters. The van der Waals surface area contributed by atoms with Crippen LogP contribution in [0.3, 0.4) is 0 Å². The van der Waals surface area contributed by atoms with Crippen molar-refractivity contribution in [3.05, 3.63) is 35.9 Å². The molecular weight excluding hydrogens is 226 g/mol. The van der Waals surface area contributed by atoms with Crippen LogP contribution in [0.4, 0.5) is 5.82 Å². The Morgan fingerprint density at radius 2 is 2.17 bits per heavy atom. The molecule has 0 spiro atoms. The van der Waals surface area contributed by atoms with Gasteiger partial charge in [-0.15, -0.1) is 0 Å². The molecule has 0 saturated heterocycles. The molecule has 0 radical (unpaired) electrons. The highest BCUT2D eigenvalue weighted by atomic mass is 16.3. The number of fused-ring (bicyclic) bond motifs is 1. The molecule has 0 bridgehead atoms. The second kappa shape index (κ2) is 3.97. The van der Waals surface area contributed by atoms with E-state index < -0.39 is 0 Å². The molecule has 0 amide bonds. The molecule has 0 unspecified atom stereocenters. The number of pyridine rings is 1. The van der Waals surface area contributed by atoms with Crippen LogP contribution in [0.2, 0.25) is 0 Å². The van der Waals surface area contributed by atoms with E-state index in [9.17, 15) is 10.4 Å². The SMILES string of the molecule is N#Cc1cc2ccccc2nc1NC1(CO)CC1. The van der Waals surface area contributed by atoms with E-state index in [1.807, 2.05) is 30.3 Å². The molecule has 4 nitrogen and oxygen atoms in total. The molecule has 18 heavy (non-hydrogen) atoms. The summed E-state index contributed by atoms with van der Waals surface area (Å²) >= 11 is 0. The predicted molar refractivity (Wildman–Crippen MR) is 69.1 cm³/mol. The van der Waals surface area contributed by atoms with Gasteiger partial charge in [0.2, 0.25) is 0 Å². The first-order chi connectivity index (χ1) is 8.76.